The van der Waals surface area contributed by atoms with Crippen LogP contribution in [0.5, 0.6) is 0 Å². The summed E-state index contributed by atoms with van der Waals surface area (Å²) in [6.07, 6.45) is 0. The number of hydrogen-bond acceptors (Lipinski definition) is 1. The quantitative estimate of drug-likeness (QED) is 0.476. The van der Waals surface area contributed by atoms with Crippen molar-refractivity contribution in [2.75, 3.05) is 5.32 Å². The highest BCUT2D eigenvalue weighted by Gasteiger charge is 2.22. The summed E-state index contributed by atoms with van der Waals surface area (Å²) in [7, 11) is 0. The van der Waals surface area contributed by atoms with E-state index in [1.54, 1.807) is 0 Å². The van der Waals surface area contributed by atoms with Gasteiger partial charge in [0.1, 0.15) is 0 Å². The van der Waals surface area contributed by atoms with Gasteiger partial charge in [-0.25, -0.2) is 0 Å². The molecule has 1 aromatic carbocycles. The van der Waals surface area contributed by atoms with Gasteiger partial charge in [0, 0.05) is 15.3 Å². The van der Waals surface area contributed by atoms with Gasteiger partial charge in [-0.05, 0) is 12.1 Å². The van der Waals surface area contributed by atoms with E-state index >= 15 is 0 Å². The fourth-order valence-corrected chi connectivity index (χ4v) is 2.47. The van der Waals surface area contributed by atoms with E-state index in [9.17, 15) is 0 Å². The molecule has 0 radical (unpaired) electrons. The standard InChI is InChI=1S/C11H15NS/c1-11(2,3)10-12-8-6-4-5-7-9(8)13-10/h4-7,12-13H,1-3H3. The Hall–Kier alpha value is -0.760. The summed E-state index contributed by atoms with van der Waals surface area (Å²) in [6.45, 7) is 6.73. The van der Waals surface area contributed by atoms with Gasteiger partial charge < -0.3 is 5.32 Å². The molecular weight excluding hydrogens is 178 g/mol. The maximum absolute atomic E-state index is 3.48. The van der Waals surface area contributed by atoms with E-state index in [1.807, 2.05) is 0 Å². The summed E-state index contributed by atoms with van der Waals surface area (Å²) < 4.78 is 0. The Bertz CT molecular complexity index is 361. The van der Waals surface area contributed by atoms with Gasteiger partial charge in [-0.2, -0.15) is 0 Å². The van der Waals surface area contributed by atoms with Crippen LogP contribution >= 0.6 is 11.4 Å². The molecule has 0 unspecified atom stereocenters. The normalized spacial score (nSPS) is 15.5. The first-order valence-corrected chi connectivity index (χ1v) is 5.42. The van der Waals surface area contributed by atoms with E-state index in [2.05, 4.69) is 50.4 Å². The highest BCUT2D eigenvalue weighted by molar-refractivity contribution is 7.99. The molecule has 2 rings (SSSR count). The first kappa shape index (κ1) is 8.82. The maximum atomic E-state index is 3.48. The molecule has 1 nitrogen and oxygen atoms in total. The number of anilines is 1. The summed E-state index contributed by atoms with van der Waals surface area (Å²) >= 11 is 1.34. The second-order valence-corrected chi connectivity index (χ2v) is 5.51. The summed E-state index contributed by atoms with van der Waals surface area (Å²) in [4.78, 5) is 2.79. The van der Waals surface area contributed by atoms with Crippen LogP contribution in [0, 0.1) is 5.41 Å². The number of para-hydroxylation sites is 1. The summed E-state index contributed by atoms with van der Waals surface area (Å²) in [6, 6.07) is 8.50. The molecule has 70 valence electrons. The highest BCUT2D eigenvalue weighted by Crippen LogP contribution is 2.34. The van der Waals surface area contributed by atoms with Crippen LogP contribution in [0.25, 0.3) is 0 Å². The van der Waals surface area contributed by atoms with Gasteiger partial charge in [-0.15, -0.1) is 11.4 Å². The number of thiol groups is 1. The van der Waals surface area contributed by atoms with E-state index in [4.69, 9.17) is 0 Å². The van der Waals surface area contributed by atoms with Crippen LogP contribution in [-0.2, 0) is 0 Å². The molecule has 0 fully saturated rings. The topological polar surface area (TPSA) is 12.0 Å². The third kappa shape index (κ3) is 1.63. The van der Waals surface area contributed by atoms with Crippen molar-refractivity contribution in [2.45, 2.75) is 25.7 Å². The van der Waals surface area contributed by atoms with Gasteiger partial charge in [0.25, 0.3) is 0 Å². The minimum Gasteiger partial charge on any atom is -0.353 e. The first-order valence-electron chi connectivity index (χ1n) is 4.52. The SMILES string of the molecule is CC(C)(C)C1=[SH]c2ccccc2N1. The van der Waals surface area contributed by atoms with Crippen LogP contribution in [0.4, 0.5) is 5.69 Å². The molecular formula is C11H15NS. The fraction of sp³-hybridized carbons (Fsp3) is 0.364. The lowest BCUT2D eigenvalue weighted by Gasteiger charge is -2.20. The Morgan fingerprint density at radius 2 is 1.85 bits per heavy atom. The summed E-state index contributed by atoms with van der Waals surface area (Å²) in [5, 5.41) is 3.48. The van der Waals surface area contributed by atoms with E-state index in [-0.39, 0.29) is 5.41 Å². The lowest BCUT2D eigenvalue weighted by Crippen LogP contribution is -2.24. The van der Waals surface area contributed by atoms with Crippen molar-refractivity contribution in [2.24, 2.45) is 5.41 Å². The molecule has 13 heavy (non-hydrogen) atoms. The van der Waals surface area contributed by atoms with Crippen LogP contribution in [0.15, 0.2) is 29.2 Å². The third-order valence-electron chi connectivity index (χ3n) is 2.10. The zero-order chi connectivity index (χ0) is 9.47. The summed E-state index contributed by atoms with van der Waals surface area (Å²) in [5.41, 5.74) is 1.52. The number of hydrogen-bond donors (Lipinski definition) is 2. The van der Waals surface area contributed by atoms with E-state index < -0.39 is 0 Å². The zero-order valence-corrected chi connectivity index (χ0v) is 9.15. The van der Waals surface area contributed by atoms with Crippen LogP contribution in [0.3, 0.4) is 0 Å². The van der Waals surface area contributed by atoms with Crippen LogP contribution in [0.2, 0.25) is 0 Å². The Morgan fingerprint density at radius 3 is 2.46 bits per heavy atom. The molecule has 0 bridgehead atoms. The van der Waals surface area contributed by atoms with Crippen molar-refractivity contribution in [3.05, 3.63) is 24.3 Å². The molecule has 2 heteroatoms. The predicted octanol–water partition coefficient (Wildman–Crippen LogP) is 3.11. The van der Waals surface area contributed by atoms with Gasteiger partial charge in [-0.3, -0.25) is 0 Å². The zero-order valence-electron chi connectivity index (χ0n) is 8.26. The average Bonchev–Trinajstić information content (AvgIpc) is 2.45. The van der Waals surface area contributed by atoms with Crippen LogP contribution in [-0.4, -0.2) is 4.99 Å². The Kier molecular flexibility index (Phi) is 1.95. The molecule has 0 spiro atoms. The molecule has 0 saturated heterocycles. The molecule has 1 N–H and O–H groups in total. The Balaban J connectivity index is 2.37. The number of fused-ring (bicyclic) bond motifs is 1. The van der Waals surface area contributed by atoms with Crippen molar-refractivity contribution in [3.8, 4) is 0 Å². The second-order valence-electron chi connectivity index (χ2n) is 4.35. The van der Waals surface area contributed by atoms with Crippen LogP contribution < -0.4 is 5.32 Å². The number of rotatable bonds is 0. The monoisotopic (exact) mass is 193 g/mol. The van der Waals surface area contributed by atoms with Crippen molar-refractivity contribution in [1.82, 2.24) is 0 Å². The molecule has 0 aliphatic carbocycles. The van der Waals surface area contributed by atoms with Crippen molar-refractivity contribution < 1.29 is 0 Å². The molecule has 0 atom stereocenters. The smallest absolute Gasteiger partial charge is 0.0517 e. The lowest BCUT2D eigenvalue weighted by atomic mass is 9.97. The van der Waals surface area contributed by atoms with Gasteiger partial charge >= 0.3 is 0 Å². The van der Waals surface area contributed by atoms with E-state index in [1.165, 1.54) is 26.9 Å². The lowest BCUT2D eigenvalue weighted by molar-refractivity contribution is 0.600. The van der Waals surface area contributed by atoms with Gasteiger partial charge in [0.05, 0.1) is 5.69 Å². The molecule has 0 aromatic heterocycles. The molecule has 1 heterocycles. The minimum absolute atomic E-state index is 0.251. The van der Waals surface area contributed by atoms with Crippen molar-refractivity contribution >= 4 is 22.0 Å². The predicted molar refractivity (Wildman–Crippen MR) is 61.8 cm³/mol. The fourth-order valence-electron chi connectivity index (χ4n) is 1.31. The first-order chi connectivity index (χ1) is 6.07. The highest BCUT2D eigenvalue weighted by atomic mass is 32.1. The summed E-state index contributed by atoms with van der Waals surface area (Å²) in [5.74, 6) is 0. The van der Waals surface area contributed by atoms with Crippen LogP contribution in [0.1, 0.15) is 20.8 Å². The molecule has 0 saturated carbocycles. The number of nitrogens with one attached hydrogen (secondary N) is 1. The van der Waals surface area contributed by atoms with Gasteiger partial charge in [0.2, 0.25) is 0 Å². The molecule has 1 aromatic rings. The Labute approximate surface area is 83.1 Å². The molecule has 0 amide bonds. The minimum atomic E-state index is 0.251. The maximum Gasteiger partial charge on any atom is 0.0517 e. The third-order valence-corrected chi connectivity index (χ3v) is 3.74. The average molecular weight is 193 g/mol. The van der Waals surface area contributed by atoms with Gasteiger partial charge in [0.15, 0.2) is 0 Å². The number of benzene rings is 1. The molecule has 1 aliphatic heterocycles. The van der Waals surface area contributed by atoms with E-state index in [0.717, 1.165) is 0 Å². The largest absolute Gasteiger partial charge is 0.353 e. The Morgan fingerprint density at radius 1 is 1.15 bits per heavy atom. The second kappa shape index (κ2) is 2.88. The van der Waals surface area contributed by atoms with Gasteiger partial charge in [-0.1, -0.05) is 32.9 Å². The van der Waals surface area contributed by atoms with Crippen molar-refractivity contribution in [1.29, 1.82) is 0 Å². The van der Waals surface area contributed by atoms with Crippen molar-refractivity contribution in [3.63, 3.8) is 0 Å². The molecule has 1 aliphatic rings. The van der Waals surface area contributed by atoms with E-state index in [0.29, 0.717) is 0 Å².